The molecule has 0 bridgehead atoms. The van der Waals surface area contributed by atoms with Crippen LogP contribution in [0.15, 0.2) is 42.5 Å². The molecule has 2 N–H and O–H groups in total. The van der Waals surface area contributed by atoms with Gasteiger partial charge in [-0.05, 0) is 48.7 Å². The zero-order chi connectivity index (χ0) is 19.7. The molecule has 2 aliphatic rings. The maximum atomic E-state index is 10.7. The van der Waals surface area contributed by atoms with Crippen molar-refractivity contribution in [3.63, 3.8) is 0 Å². The Morgan fingerprint density at radius 1 is 1.21 bits per heavy atom. The third-order valence-electron chi connectivity index (χ3n) is 5.92. The SMILES string of the molecule is COc1ccc2c(c1)C(O)CC1(CCN(CC(O)c3ccc(Cl)cc3)CC1)O2. The summed E-state index contributed by atoms with van der Waals surface area (Å²) in [5.74, 6) is 1.47. The highest BCUT2D eigenvalue weighted by Crippen LogP contribution is 2.45. The molecule has 0 aliphatic carbocycles. The topological polar surface area (TPSA) is 62.2 Å². The van der Waals surface area contributed by atoms with Gasteiger partial charge in [-0.1, -0.05) is 23.7 Å². The van der Waals surface area contributed by atoms with E-state index in [1.807, 2.05) is 30.3 Å². The minimum Gasteiger partial charge on any atom is -0.497 e. The molecule has 6 heteroatoms. The second-order valence-electron chi connectivity index (χ2n) is 7.78. The number of methoxy groups -OCH3 is 1. The maximum absolute atomic E-state index is 10.7. The van der Waals surface area contributed by atoms with Gasteiger partial charge in [-0.3, -0.25) is 0 Å². The average Bonchev–Trinajstić information content (AvgIpc) is 2.70. The van der Waals surface area contributed by atoms with E-state index in [-0.39, 0.29) is 5.60 Å². The number of aliphatic hydroxyl groups is 2. The van der Waals surface area contributed by atoms with Crippen molar-refractivity contribution in [3.05, 3.63) is 58.6 Å². The molecule has 28 heavy (non-hydrogen) atoms. The standard InChI is InChI=1S/C22H26ClNO4/c1-27-17-6-7-21-18(12-17)19(25)13-22(28-21)8-10-24(11-9-22)14-20(26)15-2-4-16(23)5-3-15/h2-7,12,19-20,25-26H,8-11,13-14H2,1H3. The summed E-state index contributed by atoms with van der Waals surface area (Å²) < 4.78 is 11.6. The largest absolute Gasteiger partial charge is 0.497 e. The zero-order valence-electron chi connectivity index (χ0n) is 16.0. The number of fused-ring (bicyclic) bond motifs is 1. The predicted octanol–water partition coefficient (Wildman–Crippen LogP) is 3.73. The molecule has 2 unspecified atom stereocenters. The lowest BCUT2D eigenvalue weighted by Crippen LogP contribution is -2.51. The molecule has 0 amide bonds. The van der Waals surface area contributed by atoms with E-state index < -0.39 is 12.2 Å². The van der Waals surface area contributed by atoms with Crippen molar-refractivity contribution in [2.45, 2.75) is 37.1 Å². The van der Waals surface area contributed by atoms with Crippen molar-refractivity contribution in [2.75, 3.05) is 26.7 Å². The Bertz CT molecular complexity index is 818. The smallest absolute Gasteiger partial charge is 0.126 e. The molecular formula is C22H26ClNO4. The summed E-state index contributed by atoms with van der Waals surface area (Å²) in [4.78, 5) is 2.25. The highest BCUT2D eigenvalue weighted by atomic mass is 35.5. The fraction of sp³-hybridized carbons (Fsp3) is 0.455. The fourth-order valence-corrected chi connectivity index (χ4v) is 4.35. The van der Waals surface area contributed by atoms with Crippen LogP contribution >= 0.6 is 11.6 Å². The molecular weight excluding hydrogens is 378 g/mol. The number of aliphatic hydroxyl groups excluding tert-OH is 2. The first-order valence-corrected chi connectivity index (χ1v) is 10.1. The van der Waals surface area contributed by atoms with Gasteiger partial charge in [-0.15, -0.1) is 0 Å². The summed E-state index contributed by atoms with van der Waals surface area (Å²) in [5.41, 5.74) is 1.32. The van der Waals surface area contributed by atoms with E-state index in [1.54, 1.807) is 19.2 Å². The molecule has 2 atom stereocenters. The number of ether oxygens (including phenoxy) is 2. The Kier molecular flexibility index (Phi) is 5.52. The number of rotatable bonds is 4. The molecule has 0 aromatic heterocycles. The Hall–Kier alpha value is -1.79. The van der Waals surface area contributed by atoms with Gasteiger partial charge in [-0.2, -0.15) is 0 Å². The van der Waals surface area contributed by atoms with Crippen LogP contribution in [0.5, 0.6) is 11.5 Å². The van der Waals surface area contributed by atoms with Crippen molar-refractivity contribution in [2.24, 2.45) is 0 Å². The summed E-state index contributed by atoms with van der Waals surface area (Å²) in [6.45, 7) is 2.22. The number of β-amino-alcohol motifs (C(OH)–C–C–N with tert-alkyl or cyclic N) is 1. The molecule has 1 spiro atoms. The van der Waals surface area contributed by atoms with Crippen molar-refractivity contribution < 1.29 is 19.7 Å². The molecule has 2 heterocycles. The fourth-order valence-electron chi connectivity index (χ4n) is 4.23. The molecule has 150 valence electrons. The van der Waals surface area contributed by atoms with Crippen LogP contribution in [-0.2, 0) is 0 Å². The summed E-state index contributed by atoms with van der Waals surface area (Å²) in [5, 5.41) is 21.9. The Balaban J connectivity index is 1.39. The van der Waals surface area contributed by atoms with Crippen molar-refractivity contribution in [3.8, 4) is 11.5 Å². The molecule has 1 saturated heterocycles. The van der Waals surface area contributed by atoms with Gasteiger partial charge in [0.25, 0.3) is 0 Å². The number of likely N-dealkylation sites (tertiary alicyclic amines) is 1. The molecule has 5 nitrogen and oxygen atoms in total. The van der Waals surface area contributed by atoms with Crippen LogP contribution in [0.2, 0.25) is 5.02 Å². The van der Waals surface area contributed by atoms with Crippen LogP contribution in [-0.4, -0.2) is 47.5 Å². The average molecular weight is 404 g/mol. The quantitative estimate of drug-likeness (QED) is 0.814. The number of nitrogens with zero attached hydrogens (tertiary/aromatic N) is 1. The van der Waals surface area contributed by atoms with E-state index in [9.17, 15) is 10.2 Å². The Morgan fingerprint density at radius 3 is 2.61 bits per heavy atom. The van der Waals surface area contributed by atoms with Gasteiger partial charge in [0.15, 0.2) is 0 Å². The van der Waals surface area contributed by atoms with Crippen molar-refractivity contribution >= 4 is 11.6 Å². The van der Waals surface area contributed by atoms with Gasteiger partial charge < -0.3 is 24.6 Å². The van der Waals surface area contributed by atoms with Gasteiger partial charge in [0.2, 0.25) is 0 Å². The van der Waals surface area contributed by atoms with Crippen LogP contribution in [0.1, 0.15) is 42.6 Å². The monoisotopic (exact) mass is 403 g/mol. The normalized spacial score (nSPS) is 22.4. The highest BCUT2D eigenvalue weighted by molar-refractivity contribution is 6.30. The summed E-state index contributed by atoms with van der Waals surface area (Å²) in [6.07, 6.45) is 1.13. The number of halogens is 1. The van der Waals surface area contributed by atoms with E-state index in [0.717, 1.165) is 48.6 Å². The lowest BCUT2D eigenvalue weighted by molar-refractivity contribution is -0.0588. The molecule has 0 radical (unpaired) electrons. The molecule has 2 aliphatic heterocycles. The second-order valence-corrected chi connectivity index (χ2v) is 8.21. The molecule has 2 aromatic carbocycles. The molecule has 4 rings (SSSR count). The number of piperidine rings is 1. The van der Waals surface area contributed by atoms with Gasteiger partial charge in [0.05, 0.1) is 19.3 Å². The molecule has 2 aromatic rings. The summed E-state index contributed by atoms with van der Waals surface area (Å²) in [7, 11) is 1.62. The lowest BCUT2D eigenvalue weighted by Gasteiger charge is -2.46. The second kappa shape index (κ2) is 7.91. The van der Waals surface area contributed by atoms with Gasteiger partial charge >= 0.3 is 0 Å². The van der Waals surface area contributed by atoms with Crippen LogP contribution in [0.3, 0.4) is 0 Å². The lowest BCUT2D eigenvalue weighted by atomic mass is 9.81. The van der Waals surface area contributed by atoms with Crippen LogP contribution < -0.4 is 9.47 Å². The van der Waals surface area contributed by atoms with E-state index in [4.69, 9.17) is 21.1 Å². The van der Waals surface area contributed by atoms with Gasteiger partial charge in [0, 0.05) is 36.6 Å². The molecule has 1 fully saturated rings. The first-order chi connectivity index (χ1) is 13.5. The number of hydrogen-bond acceptors (Lipinski definition) is 5. The van der Waals surface area contributed by atoms with Crippen LogP contribution in [0, 0.1) is 0 Å². The van der Waals surface area contributed by atoms with Crippen LogP contribution in [0.25, 0.3) is 0 Å². The maximum Gasteiger partial charge on any atom is 0.126 e. The van der Waals surface area contributed by atoms with E-state index in [1.165, 1.54) is 0 Å². The summed E-state index contributed by atoms with van der Waals surface area (Å²) >= 11 is 5.92. The highest BCUT2D eigenvalue weighted by Gasteiger charge is 2.43. The van der Waals surface area contributed by atoms with Crippen LogP contribution in [0.4, 0.5) is 0 Å². The third kappa shape index (κ3) is 3.98. The Labute approximate surface area is 170 Å². The summed E-state index contributed by atoms with van der Waals surface area (Å²) in [6, 6.07) is 12.9. The third-order valence-corrected chi connectivity index (χ3v) is 6.17. The van der Waals surface area contributed by atoms with E-state index in [0.29, 0.717) is 18.0 Å². The van der Waals surface area contributed by atoms with Crippen molar-refractivity contribution in [1.29, 1.82) is 0 Å². The first-order valence-electron chi connectivity index (χ1n) is 9.69. The molecule has 0 saturated carbocycles. The number of hydrogen-bond donors (Lipinski definition) is 2. The van der Waals surface area contributed by atoms with Gasteiger partial charge in [-0.25, -0.2) is 0 Å². The van der Waals surface area contributed by atoms with E-state index >= 15 is 0 Å². The van der Waals surface area contributed by atoms with Gasteiger partial charge in [0.1, 0.15) is 17.1 Å². The van der Waals surface area contributed by atoms with Crippen molar-refractivity contribution in [1.82, 2.24) is 4.90 Å². The Morgan fingerprint density at radius 2 is 1.93 bits per heavy atom. The predicted molar refractivity (Wildman–Crippen MR) is 108 cm³/mol. The first kappa shape index (κ1) is 19.5. The zero-order valence-corrected chi connectivity index (χ0v) is 16.7. The number of benzene rings is 2. The minimum atomic E-state index is -0.551. The van der Waals surface area contributed by atoms with E-state index in [2.05, 4.69) is 4.90 Å². The minimum absolute atomic E-state index is 0.345.